The van der Waals surface area contributed by atoms with Crippen LogP contribution in [0.4, 0.5) is 0 Å². The molecular formula is C23H19NO5. The summed E-state index contributed by atoms with van der Waals surface area (Å²) in [5.74, 6) is 0.974. The Bertz CT molecular complexity index is 1180. The van der Waals surface area contributed by atoms with Crippen LogP contribution in [0.2, 0.25) is 0 Å². The second-order valence-electron chi connectivity index (χ2n) is 6.56. The molecule has 4 rings (SSSR count). The van der Waals surface area contributed by atoms with Crippen molar-refractivity contribution in [3.8, 4) is 5.75 Å². The summed E-state index contributed by atoms with van der Waals surface area (Å²) in [6.45, 7) is 0.564. The first kappa shape index (κ1) is 18.6. The number of nitrogens with zero attached hydrogens (tertiary/aromatic N) is 1. The van der Waals surface area contributed by atoms with E-state index < -0.39 is 0 Å². The molecule has 0 aliphatic rings. The summed E-state index contributed by atoms with van der Waals surface area (Å²) in [5.41, 5.74) is 1.04. The fourth-order valence-corrected chi connectivity index (χ4v) is 3.11. The van der Waals surface area contributed by atoms with Crippen molar-refractivity contribution >= 4 is 16.9 Å². The largest absolute Gasteiger partial charge is 0.497 e. The molecule has 2 heterocycles. The van der Waals surface area contributed by atoms with Gasteiger partial charge in [0.15, 0.2) is 11.2 Å². The number of benzene rings is 2. The zero-order valence-corrected chi connectivity index (χ0v) is 15.8. The van der Waals surface area contributed by atoms with Crippen molar-refractivity contribution < 1.29 is 18.4 Å². The molecule has 29 heavy (non-hydrogen) atoms. The fraction of sp³-hybridized carbons (Fsp3) is 0.130. The normalized spacial score (nSPS) is 10.8. The van der Waals surface area contributed by atoms with Crippen molar-refractivity contribution in [3.05, 3.63) is 100 Å². The summed E-state index contributed by atoms with van der Waals surface area (Å²) >= 11 is 0. The Hall–Kier alpha value is -3.80. The van der Waals surface area contributed by atoms with Gasteiger partial charge in [-0.3, -0.25) is 9.59 Å². The summed E-state index contributed by atoms with van der Waals surface area (Å²) in [5, 5.41) is 0.441. The molecule has 0 spiro atoms. The summed E-state index contributed by atoms with van der Waals surface area (Å²) in [7, 11) is 1.60. The summed E-state index contributed by atoms with van der Waals surface area (Å²) < 4.78 is 16.3. The van der Waals surface area contributed by atoms with Crippen LogP contribution in [0.15, 0.2) is 86.6 Å². The maximum Gasteiger partial charge on any atom is 0.290 e. The van der Waals surface area contributed by atoms with Crippen LogP contribution in [0.25, 0.3) is 11.0 Å². The third-order valence-corrected chi connectivity index (χ3v) is 4.59. The highest BCUT2D eigenvalue weighted by molar-refractivity contribution is 5.93. The Morgan fingerprint density at radius 1 is 1.00 bits per heavy atom. The van der Waals surface area contributed by atoms with Crippen molar-refractivity contribution in [1.29, 1.82) is 0 Å². The number of methoxy groups -OCH3 is 1. The molecule has 0 unspecified atom stereocenters. The van der Waals surface area contributed by atoms with Gasteiger partial charge in [-0.15, -0.1) is 0 Å². The molecule has 0 N–H and O–H groups in total. The first-order valence-electron chi connectivity index (χ1n) is 9.11. The van der Waals surface area contributed by atoms with Crippen molar-refractivity contribution in [2.45, 2.75) is 13.1 Å². The van der Waals surface area contributed by atoms with Crippen LogP contribution in [0.5, 0.6) is 5.75 Å². The Balaban J connectivity index is 1.67. The molecule has 6 heteroatoms. The molecule has 0 saturated carbocycles. The highest BCUT2D eigenvalue weighted by Crippen LogP contribution is 2.19. The maximum absolute atomic E-state index is 13.2. The van der Waals surface area contributed by atoms with E-state index in [1.54, 1.807) is 54.7 Å². The van der Waals surface area contributed by atoms with Gasteiger partial charge in [0.2, 0.25) is 0 Å². The summed E-state index contributed by atoms with van der Waals surface area (Å²) in [6, 6.07) is 19.1. The maximum atomic E-state index is 13.2. The van der Waals surface area contributed by atoms with Gasteiger partial charge < -0.3 is 18.5 Å². The quantitative estimate of drug-likeness (QED) is 0.493. The molecule has 0 atom stereocenters. The smallest absolute Gasteiger partial charge is 0.290 e. The van der Waals surface area contributed by atoms with E-state index in [0.717, 1.165) is 11.3 Å². The van der Waals surface area contributed by atoms with Crippen molar-refractivity contribution in [2.24, 2.45) is 0 Å². The van der Waals surface area contributed by atoms with Gasteiger partial charge in [-0.2, -0.15) is 0 Å². The monoisotopic (exact) mass is 389 g/mol. The number of rotatable bonds is 6. The lowest BCUT2D eigenvalue weighted by Crippen LogP contribution is -2.30. The molecule has 2 aromatic heterocycles. The van der Waals surface area contributed by atoms with Crippen LogP contribution >= 0.6 is 0 Å². The van der Waals surface area contributed by atoms with Crippen LogP contribution in [0, 0.1) is 0 Å². The zero-order valence-electron chi connectivity index (χ0n) is 15.8. The van der Waals surface area contributed by atoms with E-state index in [-0.39, 0.29) is 23.6 Å². The molecule has 146 valence electrons. The predicted molar refractivity (Wildman–Crippen MR) is 108 cm³/mol. The van der Waals surface area contributed by atoms with Gasteiger partial charge in [0.25, 0.3) is 5.91 Å². The molecule has 4 aromatic rings. The molecule has 0 fully saturated rings. The molecule has 0 radical (unpaired) electrons. The lowest BCUT2D eigenvalue weighted by molar-refractivity contribution is 0.0686. The number of carbonyl (C=O) groups excluding carboxylic acids is 1. The Morgan fingerprint density at radius 2 is 1.79 bits per heavy atom. The highest BCUT2D eigenvalue weighted by atomic mass is 16.5. The van der Waals surface area contributed by atoms with Crippen LogP contribution in [-0.4, -0.2) is 17.9 Å². The van der Waals surface area contributed by atoms with Gasteiger partial charge in [0.1, 0.15) is 17.1 Å². The SMILES string of the molecule is COc1ccc(CN(Cc2ccco2)C(=O)c2cc(=O)c3ccccc3o2)cc1. The minimum absolute atomic E-state index is 0.00577. The van der Waals surface area contributed by atoms with E-state index in [4.69, 9.17) is 13.6 Å². The number of fused-ring (bicyclic) bond motifs is 1. The van der Waals surface area contributed by atoms with Gasteiger partial charge in [-0.25, -0.2) is 0 Å². The number of para-hydroxylation sites is 1. The van der Waals surface area contributed by atoms with E-state index in [0.29, 0.717) is 23.3 Å². The Morgan fingerprint density at radius 3 is 2.52 bits per heavy atom. The number of amides is 1. The standard InChI is InChI=1S/C23H19NO5/c1-27-17-10-8-16(9-11-17)14-24(15-18-5-4-12-28-18)23(26)22-13-20(25)19-6-2-3-7-21(19)29-22/h2-13H,14-15H2,1H3. The lowest BCUT2D eigenvalue weighted by atomic mass is 10.1. The van der Waals surface area contributed by atoms with Crippen molar-refractivity contribution in [2.75, 3.05) is 7.11 Å². The third kappa shape index (κ3) is 4.06. The van der Waals surface area contributed by atoms with Gasteiger partial charge in [0, 0.05) is 12.6 Å². The second-order valence-corrected chi connectivity index (χ2v) is 6.56. The fourth-order valence-electron chi connectivity index (χ4n) is 3.11. The van der Waals surface area contributed by atoms with Crippen LogP contribution < -0.4 is 10.2 Å². The molecule has 0 aliphatic heterocycles. The number of carbonyl (C=O) groups is 1. The van der Waals surface area contributed by atoms with Gasteiger partial charge >= 0.3 is 0 Å². The Kier molecular flexibility index (Phi) is 5.16. The molecular weight excluding hydrogens is 370 g/mol. The van der Waals surface area contributed by atoms with Crippen LogP contribution in [0.1, 0.15) is 21.9 Å². The first-order valence-corrected chi connectivity index (χ1v) is 9.11. The first-order chi connectivity index (χ1) is 14.1. The number of hydrogen-bond acceptors (Lipinski definition) is 5. The summed E-state index contributed by atoms with van der Waals surface area (Å²) in [6.07, 6.45) is 1.56. The molecule has 1 amide bonds. The summed E-state index contributed by atoms with van der Waals surface area (Å²) in [4.78, 5) is 27.2. The van der Waals surface area contributed by atoms with Gasteiger partial charge in [0.05, 0.1) is 25.3 Å². The van der Waals surface area contributed by atoms with E-state index in [9.17, 15) is 9.59 Å². The molecule has 2 aromatic carbocycles. The molecule has 6 nitrogen and oxygen atoms in total. The number of hydrogen-bond donors (Lipinski definition) is 0. The van der Waals surface area contributed by atoms with Gasteiger partial charge in [-0.05, 0) is 42.0 Å². The zero-order chi connectivity index (χ0) is 20.2. The lowest BCUT2D eigenvalue weighted by Gasteiger charge is -2.21. The van der Waals surface area contributed by atoms with E-state index in [2.05, 4.69) is 0 Å². The average molecular weight is 389 g/mol. The molecule has 0 bridgehead atoms. The molecule has 0 aliphatic carbocycles. The highest BCUT2D eigenvalue weighted by Gasteiger charge is 2.21. The van der Waals surface area contributed by atoms with E-state index >= 15 is 0 Å². The van der Waals surface area contributed by atoms with Crippen molar-refractivity contribution in [1.82, 2.24) is 4.90 Å². The minimum atomic E-state index is -0.389. The van der Waals surface area contributed by atoms with Crippen LogP contribution in [-0.2, 0) is 13.1 Å². The van der Waals surface area contributed by atoms with E-state index in [1.165, 1.54) is 6.07 Å². The van der Waals surface area contributed by atoms with Gasteiger partial charge in [-0.1, -0.05) is 24.3 Å². The van der Waals surface area contributed by atoms with E-state index in [1.807, 2.05) is 24.3 Å². The second kappa shape index (κ2) is 8.06. The minimum Gasteiger partial charge on any atom is -0.497 e. The Labute approximate surface area is 166 Å². The van der Waals surface area contributed by atoms with Crippen molar-refractivity contribution in [3.63, 3.8) is 0 Å². The number of furan rings is 1. The topological polar surface area (TPSA) is 72.9 Å². The van der Waals surface area contributed by atoms with Crippen LogP contribution in [0.3, 0.4) is 0 Å². The average Bonchev–Trinajstić information content (AvgIpc) is 3.26. The third-order valence-electron chi connectivity index (χ3n) is 4.59. The molecule has 0 saturated heterocycles. The predicted octanol–water partition coefficient (Wildman–Crippen LogP) is 4.24. The number of ether oxygens (including phenoxy) is 1.